The number of nitrogens with one attached hydrogen (secondary N) is 1. The number of rotatable bonds is 6. The minimum atomic E-state index is 0.362. The van der Waals surface area contributed by atoms with Gasteiger partial charge >= 0.3 is 0 Å². The molecule has 1 unspecified atom stereocenters. The molecule has 0 aliphatic rings. The number of hydrogen-bond donors (Lipinski definition) is 1. The van der Waals surface area contributed by atoms with Gasteiger partial charge in [-0.2, -0.15) is 0 Å². The predicted octanol–water partition coefficient (Wildman–Crippen LogP) is 5.56. The van der Waals surface area contributed by atoms with Crippen LogP contribution in [0.15, 0.2) is 44.7 Å². The molecule has 2 rings (SSSR count). The number of hydrogen-bond acceptors (Lipinski definition) is 2. The van der Waals surface area contributed by atoms with E-state index < -0.39 is 0 Å². The van der Waals surface area contributed by atoms with Gasteiger partial charge in [0, 0.05) is 31.7 Å². The van der Waals surface area contributed by atoms with Gasteiger partial charge in [0.05, 0.1) is 0 Å². The Balaban J connectivity index is 2.18. The van der Waals surface area contributed by atoms with E-state index in [-0.39, 0.29) is 0 Å². The Hall–Kier alpha value is -0.160. The van der Waals surface area contributed by atoms with Crippen LogP contribution in [0.2, 0.25) is 0 Å². The summed E-state index contributed by atoms with van der Waals surface area (Å²) in [5.41, 5.74) is 1.33. The molecule has 1 aromatic heterocycles. The van der Waals surface area contributed by atoms with E-state index >= 15 is 0 Å². The minimum Gasteiger partial charge on any atom is -0.310 e. The molecule has 1 N–H and O–H groups in total. The van der Waals surface area contributed by atoms with Crippen molar-refractivity contribution in [3.8, 4) is 0 Å². The normalized spacial score (nSPS) is 12.6. The van der Waals surface area contributed by atoms with Gasteiger partial charge in [0.1, 0.15) is 0 Å². The molecule has 0 spiro atoms. The largest absolute Gasteiger partial charge is 0.310 e. The number of halogens is 2. The van der Waals surface area contributed by atoms with Gasteiger partial charge in [-0.05, 0) is 46.6 Å². The third-order valence-corrected chi connectivity index (χ3v) is 5.39. The van der Waals surface area contributed by atoms with Gasteiger partial charge in [0.15, 0.2) is 0 Å². The standard InChI is InChI=1S/C15H17Br2NS/c1-2-7-18-15(9-12-8-11(16)10-19-12)13-5-3-4-6-14(13)17/h3-6,8,10,15,18H,2,7,9H2,1H3. The molecule has 0 aliphatic heterocycles. The van der Waals surface area contributed by atoms with Crippen molar-refractivity contribution in [3.05, 3.63) is 55.1 Å². The lowest BCUT2D eigenvalue weighted by Crippen LogP contribution is -2.24. The second kappa shape index (κ2) is 7.58. The molecule has 0 fully saturated rings. The first kappa shape index (κ1) is 15.2. The second-order valence-electron chi connectivity index (χ2n) is 4.46. The molecule has 0 saturated heterocycles. The minimum absolute atomic E-state index is 0.362. The summed E-state index contributed by atoms with van der Waals surface area (Å²) in [6.45, 7) is 3.24. The van der Waals surface area contributed by atoms with Gasteiger partial charge in [0.2, 0.25) is 0 Å². The van der Waals surface area contributed by atoms with Gasteiger partial charge < -0.3 is 5.32 Å². The highest BCUT2D eigenvalue weighted by Gasteiger charge is 2.15. The molecule has 102 valence electrons. The van der Waals surface area contributed by atoms with Crippen molar-refractivity contribution in [2.24, 2.45) is 0 Å². The van der Waals surface area contributed by atoms with Gasteiger partial charge in [-0.1, -0.05) is 41.1 Å². The molecule has 2 aromatic rings. The van der Waals surface area contributed by atoms with Crippen molar-refractivity contribution >= 4 is 43.2 Å². The Morgan fingerprint density at radius 1 is 1.26 bits per heavy atom. The zero-order chi connectivity index (χ0) is 13.7. The third-order valence-electron chi connectivity index (χ3n) is 2.95. The van der Waals surface area contributed by atoms with Crippen LogP contribution in [0, 0.1) is 0 Å². The Kier molecular flexibility index (Phi) is 6.07. The van der Waals surface area contributed by atoms with Crippen LogP contribution in [0.25, 0.3) is 0 Å². The average Bonchev–Trinajstić information content (AvgIpc) is 2.81. The van der Waals surface area contributed by atoms with Crippen LogP contribution in [-0.4, -0.2) is 6.54 Å². The third kappa shape index (κ3) is 4.42. The molecule has 1 heterocycles. The van der Waals surface area contributed by atoms with E-state index in [0.717, 1.165) is 19.4 Å². The zero-order valence-electron chi connectivity index (χ0n) is 10.8. The molecule has 19 heavy (non-hydrogen) atoms. The van der Waals surface area contributed by atoms with E-state index in [1.807, 2.05) is 11.3 Å². The van der Waals surface area contributed by atoms with Gasteiger partial charge in [-0.25, -0.2) is 0 Å². The molecule has 0 radical (unpaired) electrons. The van der Waals surface area contributed by atoms with Crippen LogP contribution in [0.5, 0.6) is 0 Å². The maximum Gasteiger partial charge on any atom is 0.0380 e. The molecule has 1 nitrogen and oxygen atoms in total. The maximum absolute atomic E-state index is 3.66. The Labute approximate surface area is 135 Å². The quantitative estimate of drug-likeness (QED) is 0.667. The fourth-order valence-corrected chi connectivity index (χ4v) is 4.09. The molecule has 0 amide bonds. The average molecular weight is 403 g/mol. The number of thiophene rings is 1. The van der Waals surface area contributed by atoms with Crippen LogP contribution in [0.1, 0.15) is 29.8 Å². The summed E-state index contributed by atoms with van der Waals surface area (Å²) >= 11 is 9.00. The van der Waals surface area contributed by atoms with E-state index in [1.165, 1.54) is 19.4 Å². The van der Waals surface area contributed by atoms with Crippen LogP contribution in [0.4, 0.5) is 0 Å². The van der Waals surface area contributed by atoms with E-state index in [0.29, 0.717) is 6.04 Å². The molecular formula is C15H17Br2NS. The highest BCUT2D eigenvalue weighted by Crippen LogP contribution is 2.29. The SMILES string of the molecule is CCCNC(Cc1cc(Br)cs1)c1ccccc1Br. The summed E-state index contributed by atoms with van der Waals surface area (Å²) in [6, 6.07) is 11.0. The Morgan fingerprint density at radius 3 is 2.68 bits per heavy atom. The first-order chi connectivity index (χ1) is 9.20. The van der Waals surface area contributed by atoms with E-state index in [4.69, 9.17) is 0 Å². The molecule has 0 bridgehead atoms. The molecule has 0 aliphatic carbocycles. The summed E-state index contributed by atoms with van der Waals surface area (Å²) in [4.78, 5) is 1.40. The summed E-state index contributed by atoms with van der Waals surface area (Å²) in [5, 5.41) is 5.79. The van der Waals surface area contributed by atoms with E-state index in [1.54, 1.807) is 0 Å². The summed E-state index contributed by atoms with van der Waals surface area (Å²) in [5.74, 6) is 0. The van der Waals surface area contributed by atoms with Gasteiger partial charge in [-0.15, -0.1) is 11.3 Å². The van der Waals surface area contributed by atoms with Crippen LogP contribution in [-0.2, 0) is 6.42 Å². The first-order valence-electron chi connectivity index (χ1n) is 6.41. The lowest BCUT2D eigenvalue weighted by atomic mass is 10.0. The van der Waals surface area contributed by atoms with Crippen LogP contribution in [0.3, 0.4) is 0 Å². The summed E-state index contributed by atoms with van der Waals surface area (Å²) < 4.78 is 2.35. The molecule has 0 saturated carbocycles. The van der Waals surface area contributed by atoms with Crippen molar-refractivity contribution in [2.75, 3.05) is 6.54 Å². The number of benzene rings is 1. The maximum atomic E-state index is 3.66. The Morgan fingerprint density at radius 2 is 2.05 bits per heavy atom. The molecule has 1 atom stereocenters. The fraction of sp³-hybridized carbons (Fsp3) is 0.333. The smallest absolute Gasteiger partial charge is 0.0380 e. The van der Waals surface area contributed by atoms with Crippen molar-refractivity contribution in [2.45, 2.75) is 25.8 Å². The summed E-state index contributed by atoms with van der Waals surface area (Å²) in [6.07, 6.45) is 2.17. The fourth-order valence-electron chi connectivity index (χ4n) is 2.03. The van der Waals surface area contributed by atoms with E-state index in [9.17, 15) is 0 Å². The lowest BCUT2D eigenvalue weighted by molar-refractivity contribution is 0.530. The highest BCUT2D eigenvalue weighted by molar-refractivity contribution is 9.10. The Bertz CT molecular complexity index is 524. The lowest BCUT2D eigenvalue weighted by Gasteiger charge is -2.19. The van der Waals surface area contributed by atoms with Crippen molar-refractivity contribution in [1.82, 2.24) is 5.32 Å². The monoisotopic (exact) mass is 401 g/mol. The van der Waals surface area contributed by atoms with Crippen molar-refractivity contribution < 1.29 is 0 Å². The van der Waals surface area contributed by atoms with Crippen LogP contribution < -0.4 is 5.32 Å². The van der Waals surface area contributed by atoms with Crippen molar-refractivity contribution in [3.63, 3.8) is 0 Å². The first-order valence-corrected chi connectivity index (χ1v) is 8.88. The molecule has 1 aromatic carbocycles. The van der Waals surface area contributed by atoms with Crippen LogP contribution >= 0.6 is 43.2 Å². The molecule has 4 heteroatoms. The van der Waals surface area contributed by atoms with Gasteiger partial charge in [-0.3, -0.25) is 0 Å². The van der Waals surface area contributed by atoms with Crippen molar-refractivity contribution in [1.29, 1.82) is 0 Å². The van der Waals surface area contributed by atoms with Gasteiger partial charge in [0.25, 0.3) is 0 Å². The zero-order valence-corrected chi connectivity index (χ0v) is 14.8. The predicted molar refractivity (Wildman–Crippen MR) is 90.9 cm³/mol. The topological polar surface area (TPSA) is 12.0 Å². The van der Waals surface area contributed by atoms with E-state index in [2.05, 4.69) is 79.8 Å². The highest BCUT2D eigenvalue weighted by atomic mass is 79.9. The summed E-state index contributed by atoms with van der Waals surface area (Å²) in [7, 11) is 0. The second-order valence-corrected chi connectivity index (χ2v) is 7.23. The molecular weight excluding hydrogens is 386 g/mol.